The van der Waals surface area contributed by atoms with Gasteiger partial charge in [-0.05, 0) is 31.0 Å². The molecule has 1 N–H and O–H groups in total. The molecule has 0 saturated carbocycles. The number of carbonyl (C=O) groups is 2. The molecular weight excluding hydrogens is 443 g/mol. The Labute approximate surface area is 195 Å². The predicted molar refractivity (Wildman–Crippen MR) is 122 cm³/mol. The monoisotopic (exact) mass is 468 g/mol. The molecule has 4 rings (SSSR count). The molecular formula is C23H25FN6O2S. The second-order valence-electron chi connectivity index (χ2n) is 7.73. The summed E-state index contributed by atoms with van der Waals surface area (Å²) in [6.07, 6.45) is 6.84. The molecule has 0 radical (unpaired) electrons. The van der Waals surface area contributed by atoms with E-state index in [0.29, 0.717) is 36.1 Å². The highest BCUT2D eigenvalue weighted by atomic mass is 32.2. The predicted octanol–water partition coefficient (Wildman–Crippen LogP) is 3.11. The Balaban J connectivity index is 1.46. The van der Waals surface area contributed by atoms with Crippen LogP contribution in [0, 0.1) is 5.82 Å². The number of thioether (sulfide) groups is 1. The quantitative estimate of drug-likeness (QED) is 0.511. The Morgan fingerprint density at radius 2 is 2.00 bits per heavy atom. The molecule has 33 heavy (non-hydrogen) atoms. The van der Waals surface area contributed by atoms with Gasteiger partial charge in [0.1, 0.15) is 5.82 Å². The number of likely N-dealkylation sites (tertiary alicyclic amines) is 1. The number of benzene rings is 1. The van der Waals surface area contributed by atoms with Gasteiger partial charge in [-0.25, -0.2) is 4.39 Å². The van der Waals surface area contributed by atoms with Gasteiger partial charge in [0.05, 0.1) is 24.2 Å². The number of nitrogens with one attached hydrogen (secondary N) is 1. The number of carbonyl (C=O) groups excluding carboxylic acids is 2. The lowest BCUT2D eigenvalue weighted by Crippen LogP contribution is -2.31. The molecule has 0 aliphatic carbocycles. The van der Waals surface area contributed by atoms with Crippen molar-refractivity contribution in [2.75, 3.05) is 12.3 Å². The van der Waals surface area contributed by atoms with Crippen LogP contribution in [-0.2, 0) is 22.7 Å². The van der Waals surface area contributed by atoms with Gasteiger partial charge in [-0.2, -0.15) is 0 Å². The first-order valence-electron chi connectivity index (χ1n) is 10.9. The van der Waals surface area contributed by atoms with E-state index in [1.165, 1.54) is 17.8 Å². The van der Waals surface area contributed by atoms with Crippen LogP contribution in [0.25, 0.3) is 5.69 Å². The SMILES string of the molecule is O=C(CSc1nnc(CN2CCCCCC2=O)n1-c1cccnc1)NCc1ccccc1F. The molecule has 0 atom stereocenters. The highest BCUT2D eigenvalue weighted by Crippen LogP contribution is 2.23. The summed E-state index contributed by atoms with van der Waals surface area (Å²) >= 11 is 1.23. The zero-order chi connectivity index (χ0) is 23.0. The molecule has 1 aliphatic rings. The topological polar surface area (TPSA) is 93.0 Å². The molecule has 8 nitrogen and oxygen atoms in total. The molecule has 1 aromatic carbocycles. The molecule has 0 spiro atoms. The second-order valence-corrected chi connectivity index (χ2v) is 8.67. The Kier molecular flexibility index (Phi) is 7.66. The van der Waals surface area contributed by atoms with Crippen LogP contribution in [0.5, 0.6) is 0 Å². The molecule has 3 aromatic rings. The van der Waals surface area contributed by atoms with Crippen molar-refractivity contribution in [3.05, 3.63) is 66.0 Å². The molecule has 10 heteroatoms. The Morgan fingerprint density at radius 3 is 2.82 bits per heavy atom. The van der Waals surface area contributed by atoms with E-state index in [-0.39, 0.29) is 29.9 Å². The number of aromatic nitrogens is 4. The average Bonchev–Trinajstić information content (AvgIpc) is 3.12. The number of amides is 2. The fourth-order valence-corrected chi connectivity index (χ4v) is 4.44. The highest BCUT2D eigenvalue weighted by molar-refractivity contribution is 7.99. The lowest BCUT2D eigenvalue weighted by Gasteiger charge is -2.20. The van der Waals surface area contributed by atoms with E-state index >= 15 is 0 Å². The fourth-order valence-electron chi connectivity index (χ4n) is 3.63. The summed E-state index contributed by atoms with van der Waals surface area (Å²) in [6, 6.07) is 10.0. The van der Waals surface area contributed by atoms with Crippen molar-refractivity contribution in [2.45, 2.75) is 43.9 Å². The molecule has 3 heterocycles. The van der Waals surface area contributed by atoms with Crippen molar-refractivity contribution in [1.29, 1.82) is 0 Å². The minimum absolute atomic E-state index is 0.0928. The summed E-state index contributed by atoms with van der Waals surface area (Å²) in [5.74, 6) is 0.236. The fraction of sp³-hybridized carbons (Fsp3) is 0.348. The van der Waals surface area contributed by atoms with Crippen LogP contribution < -0.4 is 5.32 Å². The number of halogens is 1. The van der Waals surface area contributed by atoms with Gasteiger partial charge in [-0.3, -0.25) is 19.1 Å². The van der Waals surface area contributed by atoms with Gasteiger partial charge in [0.2, 0.25) is 11.8 Å². The van der Waals surface area contributed by atoms with Crippen LogP contribution >= 0.6 is 11.8 Å². The Morgan fingerprint density at radius 1 is 1.12 bits per heavy atom. The number of hydrogen-bond acceptors (Lipinski definition) is 6. The molecule has 2 amide bonds. The van der Waals surface area contributed by atoms with Gasteiger partial charge in [0.25, 0.3) is 0 Å². The summed E-state index contributed by atoms with van der Waals surface area (Å²) in [5, 5.41) is 11.9. The van der Waals surface area contributed by atoms with Gasteiger partial charge >= 0.3 is 0 Å². The Bertz CT molecular complexity index is 1110. The highest BCUT2D eigenvalue weighted by Gasteiger charge is 2.22. The summed E-state index contributed by atoms with van der Waals surface area (Å²) in [5.41, 5.74) is 1.19. The molecule has 0 unspecified atom stereocenters. The lowest BCUT2D eigenvalue weighted by atomic mass is 10.2. The van der Waals surface area contributed by atoms with E-state index in [2.05, 4.69) is 20.5 Å². The van der Waals surface area contributed by atoms with Crippen LogP contribution in [0.2, 0.25) is 0 Å². The number of hydrogen-bond donors (Lipinski definition) is 1. The van der Waals surface area contributed by atoms with Crippen molar-refractivity contribution in [1.82, 2.24) is 30.0 Å². The third-order valence-corrected chi connectivity index (χ3v) is 6.30. The molecule has 172 valence electrons. The van der Waals surface area contributed by atoms with E-state index in [1.807, 2.05) is 21.6 Å². The third-order valence-electron chi connectivity index (χ3n) is 5.37. The van der Waals surface area contributed by atoms with Gasteiger partial charge in [0.15, 0.2) is 11.0 Å². The molecule has 0 bridgehead atoms. The maximum absolute atomic E-state index is 13.8. The largest absolute Gasteiger partial charge is 0.351 e. The summed E-state index contributed by atoms with van der Waals surface area (Å²) in [6.45, 7) is 1.16. The zero-order valence-electron chi connectivity index (χ0n) is 18.1. The van der Waals surface area contributed by atoms with Gasteiger partial charge in [-0.15, -0.1) is 10.2 Å². The number of nitrogens with zero attached hydrogens (tertiary/aromatic N) is 5. The Hall–Kier alpha value is -3.27. The van der Waals surface area contributed by atoms with Crippen LogP contribution in [0.15, 0.2) is 53.9 Å². The average molecular weight is 469 g/mol. The minimum atomic E-state index is -0.352. The maximum atomic E-state index is 13.8. The molecule has 1 fully saturated rings. The van der Waals surface area contributed by atoms with Crippen molar-refractivity contribution in [3.63, 3.8) is 0 Å². The molecule has 1 saturated heterocycles. The number of rotatable bonds is 8. The van der Waals surface area contributed by atoms with E-state index < -0.39 is 0 Å². The first kappa shape index (κ1) is 22.9. The summed E-state index contributed by atoms with van der Waals surface area (Å²) < 4.78 is 15.6. The molecule has 2 aromatic heterocycles. The first-order chi connectivity index (χ1) is 16.1. The zero-order valence-corrected chi connectivity index (χ0v) is 18.9. The van der Waals surface area contributed by atoms with Crippen LogP contribution in [0.1, 0.15) is 37.1 Å². The molecule has 1 aliphatic heterocycles. The van der Waals surface area contributed by atoms with Crippen molar-refractivity contribution < 1.29 is 14.0 Å². The summed E-state index contributed by atoms with van der Waals surface area (Å²) in [4.78, 5) is 30.9. The third kappa shape index (κ3) is 5.95. The van der Waals surface area contributed by atoms with E-state index in [4.69, 9.17) is 0 Å². The smallest absolute Gasteiger partial charge is 0.230 e. The first-order valence-corrected chi connectivity index (χ1v) is 11.9. The lowest BCUT2D eigenvalue weighted by molar-refractivity contribution is -0.131. The van der Waals surface area contributed by atoms with Crippen molar-refractivity contribution >= 4 is 23.6 Å². The van der Waals surface area contributed by atoms with E-state index in [0.717, 1.165) is 24.9 Å². The maximum Gasteiger partial charge on any atom is 0.230 e. The number of pyridine rings is 1. The van der Waals surface area contributed by atoms with Crippen LogP contribution in [0.3, 0.4) is 0 Å². The minimum Gasteiger partial charge on any atom is -0.351 e. The van der Waals surface area contributed by atoms with Gasteiger partial charge < -0.3 is 10.2 Å². The van der Waals surface area contributed by atoms with Crippen LogP contribution in [0.4, 0.5) is 4.39 Å². The van der Waals surface area contributed by atoms with Crippen LogP contribution in [-0.4, -0.2) is 48.8 Å². The normalized spacial score (nSPS) is 14.2. The summed E-state index contributed by atoms with van der Waals surface area (Å²) in [7, 11) is 0. The van der Waals surface area contributed by atoms with E-state index in [9.17, 15) is 14.0 Å². The standard InChI is InChI=1S/C23H25FN6O2S/c24-19-9-4-3-7-17(19)13-26-21(31)16-33-23-28-27-20(30(23)18-8-6-11-25-14-18)15-29-12-5-1-2-10-22(29)32/h3-4,6-9,11,14H,1-2,5,10,12-13,15-16H2,(H,26,31). The van der Waals surface area contributed by atoms with Crippen molar-refractivity contribution in [2.24, 2.45) is 0 Å². The van der Waals surface area contributed by atoms with Gasteiger partial charge in [-0.1, -0.05) is 36.4 Å². The second kappa shape index (κ2) is 11.0. The van der Waals surface area contributed by atoms with E-state index in [1.54, 1.807) is 30.6 Å². The van der Waals surface area contributed by atoms with Gasteiger partial charge in [0, 0.05) is 31.3 Å². The van der Waals surface area contributed by atoms with Crippen molar-refractivity contribution in [3.8, 4) is 5.69 Å².